The molecule has 3 aromatic rings. The predicted molar refractivity (Wildman–Crippen MR) is 124 cm³/mol. The average Bonchev–Trinajstić information content (AvgIpc) is 3.24. The van der Waals surface area contributed by atoms with E-state index in [2.05, 4.69) is 59.0 Å². The Hall–Kier alpha value is -3.01. The second-order valence-corrected chi connectivity index (χ2v) is 8.57. The lowest BCUT2D eigenvalue weighted by Crippen LogP contribution is -2.41. The molecule has 1 aliphatic rings. The first-order valence-electron chi connectivity index (χ1n) is 11.3. The Bertz CT molecular complexity index is 1000. The molecule has 0 atom stereocenters. The highest BCUT2D eigenvalue weighted by molar-refractivity contribution is 5.94. The Labute approximate surface area is 185 Å². The first kappa shape index (κ1) is 21.2. The highest BCUT2D eigenvalue weighted by atomic mass is 16.5. The van der Waals surface area contributed by atoms with Crippen LogP contribution >= 0.6 is 0 Å². The topological polar surface area (TPSA) is 34.5 Å². The molecule has 1 heterocycles. The number of hydrogen-bond acceptors (Lipinski definition) is 2. The number of amides is 1. The van der Waals surface area contributed by atoms with Crippen LogP contribution in [0.25, 0.3) is 0 Å². The molecule has 0 saturated heterocycles. The van der Waals surface area contributed by atoms with Crippen LogP contribution in [-0.4, -0.2) is 28.5 Å². The summed E-state index contributed by atoms with van der Waals surface area (Å²) in [4.78, 5) is 15.7. The molecule has 31 heavy (non-hydrogen) atoms. The van der Waals surface area contributed by atoms with Gasteiger partial charge in [-0.2, -0.15) is 0 Å². The Morgan fingerprint density at radius 3 is 2.52 bits per heavy atom. The zero-order valence-corrected chi connectivity index (χ0v) is 18.6. The zero-order chi connectivity index (χ0) is 21.6. The number of carbonyl (C=O) groups excluding carboxylic acids is 1. The van der Waals surface area contributed by atoms with Crippen molar-refractivity contribution in [3.8, 4) is 5.75 Å². The number of nitrogens with zero attached hydrogens (tertiary/aromatic N) is 2. The number of methoxy groups -OCH3 is 1. The third-order valence-corrected chi connectivity index (χ3v) is 6.30. The van der Waals surface area contributed by atoms with E-state index in [0.717, 1.165) is 30.7 Å². The van der Waals surface area contributed by atoms with Crippen molar-refractivity contribution in [2.24, 2.45) is 0 Å². The van der Waals surface area contributed by atoms with Crippen molar-refractivity contribution in [2.45, 2.75) is 58.2 Å². The van der Waals surface area contributed by atoms with Gasteiger partial charge in [0, 0.05) is 30.0 Å². The van der Waals surface area contributed by atoms with Crippen LogP contribution in [0.4, 0.5) is 0 Å². The number of aryl methyl sites for hydroxylation is 1. The third kappa shape index (κ3) is 5.19. The molecular formula is C27H32N2O2. The molecule has 0 unspecified atom stereocenters. The summed E-state index contributed by atoms with van der Waals surface area (Å²) in [5.41, 5.74) is 4.45. The summed E-state index contributed by atoms with van der Waals surface area (Å²) < 4.78 is 7.53. The maximum Gasteiger partial charge on any atom is 0.254 e. The minimum Gasteiger partial charge on any atom is -0.497 e. The number of aromatic nitrogens is 1. The molecule has 0 bridgehead atoms. The molecule has 1 aromatic heterocycles. The molecule has 162 valence electrons. The van der Waals surface area contributed by atoms with E-state index in [0.29, 0.717) is 12.6 Å². The maximum absolute atomic E-state index is 13.6. The Morgan fingerprint density at radius 1 is 1.03 bits per heavy atom. The standard InChI is InChI=1S/C27H32N2O2/c1-21-8-6-9-22(18-21)19-28-17-7-12-25(28)20-29(24-10-4-3-5-11-24)27(30)23-13-15-26(31-2)16-14-23/h6-9,12-18,24H,3-5,10-11,19-20H2,1-2H3. The molecule has 0 radical (unpaired) electrons. The van der Waals surface area contributed by atoms with Crippen molar-refractivity contribution < 1.29 is 9.53 Å². The quantitative estimate of drug-likeness (QED) is 0.486. The fraction of sp³-hybridized carbons (Fsp3) is 0.370. The molecule has 1 saturated carbocycles. The van der Waals surface area contributed by atoms with Crippen molar-refractivity contribution in [2.75, 3.05) is 7.11 Å². The maximum atomic E-state index is 13.6. The smallest absolute Gasteiger partial charge is 0.254 e. The van der Waals surface area contributed by atoms with Crippen LogP contribution in [0.5, 0.6) is 5.75 Å². The molecule has 2 aromatic carbocycles. The molecule has 4 heteroatoms. The zero-order valence-electron chi connectivity index (χ0n) is 18.6. The third-order valence-electron chi connectivity index (χ3n) is 6.30. The Morgan fingerprint density at radius 2 is 1.81 bits per heavy atom. The van der Waals surface area contributed by atoms with Gasteiger partial charge in [-0.15, -0.1) is 0 Å². The molecule has 0 spiro atoms. The van der Waals surface area contributed by atoms with Crippen LogP contribution < -0.4 is 4.74 Å². The number of carbonyl (C=O) groups is 1. The van der Waals surface area contributed by atoms with Gasteiger partial charge in [0.25, 0.3) is 5.91 Å². The van der Waals surface area contributed by atoms with Crippen LogP contribution in [-0.2, 0) is 13.1 Å². The lowest BCUT2D eigenvalue weighted by atomic mass is 9.93. The summed E-state index contributed by atoms with van der Waals surface area (Å²) in [5.74, 6) is 0.880. The summed E-state index contributed by atoms with van der Waals surface area (Å²) >= 11 is 0. The largest absolute Gasteiger partial charge is 0.497 e. The lowest BCUT2D eigenvalue weighted by Gasteiger charge is -2.35. The van der Waals surface area contributed by atoms with E-state index in [4.69, 9.17) is 4.74 Å². The highest BCUT2D eigenvalue weighted by Crippen LogP contribution is 2.26. The van der Waals surface area contributed by atoms with Gasteiger partial charge in [-0.1, -0.05) is 49.1 Å². The number of rotatable bonds is 7. The van der Waals surface area contributed by atoms with E-state index in [1.807, 2.05) is 24.3 Å². The number of ether oxygens (including phenoxy) is 1. The predicted octanol–water partition coefficient (Wildman–Crippen LogP) is 5.83. The van der Waals surface area contributed by atoms with Gasteiger partial charge < -0.3 is 14.2 Å². The lowest BCUT2D eigenvalue weighted by molar-refractivity contribution is 0.0608. The molecular weight excluding hydrogens is 384 g/mol. The van der Waals surface area contributed by atoms with E-state index in [9.17, 15) is 4.79 Å². The minimum absolute atomic E-state index is 0.109. The first-order valence-corrected chi connectivity index (χ1v) is 11.3. The Balaban J connectivity index is 1.58. The van der Waals surface area contributed by atoms with Crippen LogP contribution in [0, 0.1) is 6.92 Å². The molecule has 0 N–H and O–H groups in total. The van der Waals surface area contributed by atoms with Crippen LogP contribution in [0.2, 0.25) is 0 Å². The van der Waals surface area contributed by atoms with Gasteiger partial charge in [0.1, 0.15) is 5.75 Å². The molecule has 4 rings (SSSR count). The van der Waals surface area contributed by atoms with Crippen molar-refractivity contribution in [3.63, 3.8) is 0 Å². The van der Waals surface area contributed by atoms with E-state index in [1.54, 1.807) is 7.11 Å². The van der Waals surface area contributed by atoms with E-state index < -0.39 is 0 Å². The number of benzene rings is 2. The van der Waals surface area contributed by atoms with Gasteiger partial charge in [-0.05, 0) is 61.7 Å². The summed E-state index contributed by atoms with van der Waals surface area (Å²) in [6.45, 7) is 3.58. The van der Waals surface area contributed by atoms with Gasteiger partial charge in [0.05, 0.1) is 13.7 Å². The summed E-state index contributed by atoms with van der Waals surface area (Å²) in [6.07, 6.45) is 7.95. The fourth-order valence-electron chi connectivity index (χ4n) is 4.59. The molecule has 1 aliphatic carbocycles. The van der Waals surface area contributed by atoms with Gasteiger partial charge in [0.15, 0.2) is 0 Å². The first-order chi connectivity index (χ1) is 15.1. The summed E-state index contributed by atoms with van der Waals surface area (Å²) in [5, 5.41) is 0. The summed E-state index contributed by atoms with van der Waals surface area (Å²) in [7, 11) is 1.65. The monoisotopic (exact) mass is 416 g/mol. The second kappa shape index (κ2) is 9.86. The van der Waals surface area contributed by atoms with E-state index >= 15 is 0 Å². The molecule has 1 fully saturated rings. The molecule has 0 aliphatic heterocycles. The van der Waals surface area contributed by atoms with Crippen LogP contribution in [0.15, 0.2) is 66.9 Å². The highest BCUT2D eigenvalue weighted by Gasteiger charge is 2.27. The van der Waals surface area contributed by atoms with Crippen LogP contribution in [0.3, 0.4) is 0 Å². The average molecular weight is 417 g/mol. The van der Waals surface area contributed by atoms with Crippen LogP contribution in [0.1, 0.15) is 59.3 Å². The minimum atomic E-state index is 0.109. The van der Waals surface area contributed by atoms with Gasteiger partial charge >= 0.3 is 0 Å². The van der Waals surface area contributed by atoms with Crippen molar-refractivity contribution in [1.82, 2.24) is 9.47 Å². The normalized spacial score (nSPS) is 14.4. The second-order valence-electron chi connectivity index (χ2n) is 8.57. The number of hydrogen-bond donors (Lipinski definition) is 0. The van der Waals surface area contributed by atoms with Gasteiger partial charge in [0.2, 0.25) is 0 Å². The van der Waals surface area contributed by atoms with Crippen molar-refractivity contribution in [3.05, 3.63) is 89.2 Å². The molecule has 4 nitrogen and oxygen atoms in total. The summed E-state index contributed by atoms with van der Waals surface area (Å²) in [6, 6.07) is 20.6. The molecule has 1 amide bonds. The van der Waals surface area contributed by atoms with Crippen molar-refractivity contribution >= 4 is 5.91 Å². The van der Waals surface area contributed by atoms with Gasteiger partial charge in [-0.25, -0.2) is 0 Å². The fourth-order valence-corrected chi connectivity index (χ4v) is 4.59. The van der Waals surface area contributed by atoms with E-state index in [1.165, 1.54) is 36.1 Å². The SMILES string of the molecule is COc1ccc(C(=O)N(Cc2cccn2Cc2cccc(C)c2)C2CCCCC2)cc1. The van der Waals surface area contributed by atoms with Crippen molar-refractivity contribution in [1.29, 1.82) is 0 Å². The van der Waals surface area contributed by atoms with Gasteiger partial charge in [-0.3, -0.25) is 4.79 Å². The van der Waals surface area contributed by atoms with E-state index in [-0.39, 0.29) is 5.91 Å². The Kier molecular flexibility index (Phi) is 6.76.